The molecule has 142 valence electrons. The van der Waals surface area contributed by atoms with Gasteiger partial charge in [0, 0.05) is 36.8 Å². The summed E-state index contributed by atoms with van der Waals surface area (Å²) in [6, 6.07) is 17.8. The molecule has 1 heterocycles. The first-order chi connectivity index (χ1) is 13.0. The smallest absolute Gasteiger partial charge is 0.251 e. The van der Waals surface area contributed by atoms with E-state index in [1.165, 1.54) is 5.56 Å². The topological polar surface area (TPSA) is 52.7 Å². The predicted molar refractivity (Wildman–Crippen MR) is 108 cm³/mol. The summed E-state index contributed by atoms with van der Waals surface area (Å²) in [5, 5.41) is 3.04. The number of rotatable bonds is 7. The number of hydrogen-bond donors (Lipinski definition) is 1. The van der Waals surface area contributed by atoms with Gasteiger partial charge in [-0.05, 0) is 56.8 Å². The Morgan fingerprint density at radius 1 is 1.11 bits per heavy atom. The lowest BCUT2D eigenvalue weighted by Crippen LogP contribution is -2.41. The Morgan fingerprint density at radius 2 is 1.81 bits per heavy atom. The molecule has 1 fully saturated rings. The lowest BCUT2D eigenvalue weighted by molar-refractivity contribution is -0.117. The average Bonchev–Trinajstić information content (AvgIpc) is 3.11. The van der Waals surface area contributed by atoms with Gasteiger partial charge in [-0.15, -0.1) is 0 Å². The highest BCUT2D eigenvalue weighted by Gasteiger charge is 2.21. The summed E-state index contributed by atoms with van der Waals surface area (Å²) in [5.41, 5.74) is 2.73. The molecular weight excluding hydrogens is 338 g/mol. The molecule has 1 aliphatic rings. The fourth-order valence-electron chi connectivity index (χ4n) is 3.35. The van der Waals surface area contributed by atoms with Gasteiger partial charge >= 0.3 is 0 Å². The number of hydrogen-bond acceptors (Lipinski definition) is 3. The highest BCUT2D eigenvalue weighted by atomic mass is 16.2. The van der Waals surface area contributed by atoms with Gasteiger partial charge in [0.25, 0.3) is 5.91 Å². The van der Waals surface area contributed by atoms with Gasteiger partial charge in [-0.3, -0.25) is 9.59 Å². The van der Waals surface area contributed by atoms with Crippen LogP contribution in [0.4, 0.5) is 5.69 Å². The van der Waals surface area contributed by atoms with Gasteiger partial charge < -0.3 is 15.1 Å². The van der Waals surface area contributed by atoms with Crippen molar-refractivity contribution in [3.63, 3.8) is 0 Å². The molecule has 0 radical (unpaired) electrons. The minimum Gasteiger partial charge on any atom is -0.350 e. The van der Waals surface area contributed by atoms with E-state index in [4.69, 9.17) is 0 Å². The number of likely N-dealkylation sites (N-methyl/N-ethyl adjacent to an activating group) is 1. The van der Waals surface area contributed by atoms with Crippen molar-refractivity contribution in [3.8, 4) is 0 Å². The Balaban J connectivity index is 1.58. The lowest BCUT2D eigenvalue weighted by atomic mass is 10.0. The van der Waals surface area contributed by atoms with Crippen LogP contribution < -0.4 is 10.2 Å². The number of nitrogens with zero attached hydrogens (tertiary/aromatic N) is 2. The molecule has 0 aliphatic carbocycles. The van der Waals surface area contributed by atoms with E-state index < -0.39 is 0 Å². The molecule has 1 aliphatic heterocycles. The molecule has 1 atom stereocenters. The minimum absolute atomic E-state index is 0.0887. The number of carbonyl (C=O) groups excluding carboxylic acids is 2. The van der Waals surface area contributed by atoms with Crippen LogP contribution in [0.1, 0.15) is 28.8 Å². The van der Waals surface area contributed by atoms with Crippen molar-refractivity contribution in [1.82, 2.24) is 10.2 Å². The Labute approximate surface area is 161 Å². The van der Waals surface area contributed by atoms with Crippen LogP contribution in [-0.2, 0) is 11.2 Å². The van der Waals surface area contributed by atoms with Crippen LogP contribution in [0, 0.1) is 0 Å². The maximum atomic E-state index is 12.5. The van der Waals surface area contributed by atoms with Gasteiger partial charge in [-0.2, -0.15) is 0 Å². The molecule has 1 N–H and O–H groups in total. The standard InChI is InChI=1S/C22H27N3O2/c1-24(2)20(15-17-7-4-3-5-8-17)16-23-22(27)18-10-12-19(13-11-18)25-14-6-9-21(25)26/h3-5,7-8,10-13,20H,6,9,14-16H2,1-2H3,(H,23,27)/t20-/m0/s1. The number of benzene rings is 2. The van der Waals surface area contributed by atoms with Gasteiger partial charge in [0.1, 0.15) is 0 Å². The molecule has 0 unspecified atom stereocenters. The Morgan fingerprint density at radius 3 is 2.41 bits per heavy atom. The van der Waals surface area contributed by atoms with E-state index >= 15 is 0 Å². The molecular formula is C22H27N3O2. The monoisotopic (exact) mass is 365 g/mol. The molecule has 1 saturated heterocycles. The molecule has 5 heteroatoms. The molecule has 2 amide bonds. The highest BCUT2D eigenvalue weighted by molar-refractivity contribution is 5.97. The first-order valence-corrected chi connectivity index (χ1v) is 9.43. The van der Waals surface area contributed by atoms with Crippen molar-refractivity contribution in [2.45, 2.75) is 25.3 Å². The summed E-state index contributed by atoms with van der Waals surface area (Å²) in [4.78, 5) is 28.3. The predicted octanol–water partition coefficient (Wildman–Crippen LogP) is 2.72. The summed E-state index contributed by atoms with van der Waals surface area (Å²) in [5.74, 6) is 0.0659. The Kier molecular flexibility index (Phi) is 6.24. The largest absolute Gasteiger partial charge is 0.350 e. The van der Waals surface area contributed by atoms with Crippen LogP contribution in [-0.4, -0.2) is 49.9 Å². The summed E-state index contributed by atoms with van der Waals surface area (Å²) in [6.07, 6.45) is 2.38. The maximum absolute atomic E-state index is 12.5. The van der Waals surface area contributed by atoms with Crippen molar-refractivity contribution in [2.24, 2.45) is 0 Å². The van der Waals surface area contributed by atoms with E-state index in [0.717, 1.165) is 25.1 Å². The molecule has 3 rings (SSSR count). The summed E-state index contributed by atoms with van der Waals surface area (Å²) >= 11 is 0. The summed E-state index contributed by atoms with van der Waals surface area (Å²) in [6.45, 7) is 1.33. The minimum atomic E-state index is -0.0887. The van der Waals surface area contributed by atoms with Crippen molar-refractivity contribution in [3.05, 3.63) is 65.7 Å². The van der Waals surface area contributed by atoms with E-state index in [-0.39, 0.29) is 17.9 Å². The van der Waals surface area contributed by atoms with Crippen molar-refractivity contribution < 1.29 is 9.59 Å². The van der Waals surface area contributed by atoms with Crippen LogP contribution in [0.25, 0.3) is 0 Å². The van der Waals surface area contributed by atoms with Crippen LogP contribution in [0.3, 0.4) is 0 Å². The lowest BCUT2D eigenvalue weighted by Gasteiger charge is -2.25. The quantitative estimate of drug-likeness (QED) is 0.821. The SMILES string of the molecule is CN(C)[C@H](CNC(=O)c1ccc(N2CCCC2=O)cc1)Cc1ccccc1. The van der Waals surface area contributed by atoms with E-state index in [1.807, 2.05) is 44.4 Å². The fraction of sp³-hybridized carbons (Fsp3) is 0.364. The van der Waals surface area contributed by atoms with Crippen LogP contribution in [0.5, 0.6) is 0 Å². The molecule has 0 saturated carbocycles. The molecule has 5 nitrogen and oxygen atoms in total. The number of amides is 2. The zero-order valence-electron chi connectivity index (χ0n) is 16.0. The summed E-state index contributed by atoms with van der Waals surface area (Å²) in [7, 11) is 4.06. The Hall–Kier alpha value is -2.66. The average molecular weight is 365 g/mol. The summed E-state index contributed by atoms with van der Waals surface area (Å²) < 4.78 is 0. The molecule has 2 aromatic rings. The number of carbonyl (C=O) groups is 2. The van der Waals surface area contributed by atoms with Crippen molar-refractivity contribution in [2.75, 3.05) is 32.1 Å². The second-order valence-corrected chi connectivity index (χ2v) is 7.21. The van der Waals surface area contributed by atoms with Crippen molar-refractivity contribution >= 4 is 17.5 Å². The zero-order chi connectivity index (χ0) is 19.2. The second kappa shape index (κ2) is 8.82. The fourth-order valence-corrected chi connectivity index (χ4v) is 3.35. The Bertz CT molecular complexity index is 772. The first-order valence-electron chi connectivity index (χ1n) is 9.43. The van der Waals surface area contributed by atoms with E-state index in [0.29, 0.717) is 18.5 Å². The maximum Gasteiger partial charge on any atom is 0.251 e. The first kappa shape index (κ1) is 19.1. The van der Waals surface area contributed by atoms with Gasteiger partial charge in [0.05, 0.1) is 0 Å². The number of anilines is 1. The van der Waals surface area contributed by atoms with Crippen LogP contribution in [0.15, 0.2) is 54.6 Å². The van der Waals surface area contributed by atoms with Crippen LogP contribution in [0.2, 0.25) is 0 Å². The molecule has 27 heavy (non-hydrogen) atoms. The molecule has 0 aromatic heterocycles. The normalized spacial score (nSPS) is 15.2. The van der Waals surface area contributed by atoms with Gasteiger partial charge in [0.2, 0.25) is 5.91 Å². The molecule has 0 spiro atoms. The zero-order valence-corrected chi connectivity index (χ0v) is 16.0. The molecule has 0 bridgehead atoms. The van der Waals surface area contributed by atoms with Crippen molar-refractivity contribution in [1.29, 1.82) is 0 Å². The van der Waals surface area contributed by atoms with E-state index in [2.05, 4.69) is 22.3 Å². The third-order valence-corrected chi connectivity index (χ3v) is 5.06. The third kappa shape index (κ3) is 4.95. The van der Waals surface area contributed by atoms with E-state index in [1.54, 1.807) is 17.0 Å². The highest BCUT2D eigenvalue weighted by Crippen LogP contribution is 2.21. The van der Waals surface area contributed by atoms with Gasteiger partial charge in [-0.25, -0.2) is 0 Å². The molecule has 2 aromatic carbocycles. The third-order valence-electron chi connectivity index (χ3n) is 5.06. The van der Waals surface area contributed by atoms with Gasteiger partial charge in [-0.1, -0.05) is 30.3 Å². The second-order valence-electron chi connectivity index (χ2n) is 7.21. The number of nitrogens with one attached hydrogen (secondary N) is 1. The van der Waals surface area contributed by atoms with E-state index in [9.17, 15) is 9.59 Å². The van der Waals surface area contributed by atoms with Gasteiger partial charge in [0.15, 0.2) is 0 Å². The van der Waals surface area contributed by atoms with Crippen LogP contribution >= 0.6 is 0 Å².